The molecule has 156 valence electrons. The lowest BCUT2D eigenvalue weighted by Crippen LogP contribution is -2.29. The van der Waals surface area contributed by atoms with Gasteiger partial charge in [-0.05, 0) is 56.0 Å². The summed E-state index contributed by atoms with van der Waals surface area (Å²) in [5.74, 6) is 0.376. The van der Waals surface area contributed by atoms with E-state index in [9.17, 15) is 14.3 Å². The minimum absolute atomic E-state index is 0.00717. The van der Waals surface area contributed by atoms with Gasteiger partial charge in [0.2, 0.25) is 5.91 Å². The highest BCUT2D eigenvalue weighted by Gasteiger charge is 2.29. The minimum atomic E-state index is -0.571. The summed E-state index contributed by atoms with van der Waals surface area (Å²) in [6.07, 6.45) is 2.74. The number of nitrogens with one attached hydrogen (secondary N) is 1. The number of benzene rings is 2. The first kappa shape index (κ1) is 20.1. The van der Waals surface area contributed by atoms with Crippen LogP contribution in [0.5, 0.6) is 5.75 Å². The van der Waals surface area contributed by atoms with E-state index in [0.29, 0.717) is 24.4 Å². The maximum absolute atomic E-state index is 14.4. The molecule has 0 bridgehead atoms. The van der Waals surface area contributed by atoms with Crippen molar-refractivity contribution in [3.8, 4) is 17.1 Å². The number of fused-ring (bicyclic) bond motifs is 1. The molecule has 4 rings (SSSR count). The van der Waals surface area contributed by atoms with E-state index in [-0.39, 0.29) is 29.0 Å². The van der Waals surface area contributed by atoms with Gasteiger partial charge in [-0.1, -0.05) is 12.1 Å². The Labute approximate surface area is 174 Å². The molecule has 1 saturated carbocycles. The zero-order valence-corrected chi connectivity index (χ0v) is 17.2. The molecule has 1 aromatic heterocycles. The Morgan fingerprint density at radius 2 is 2.07 bits per heavy atom. The highest BCUT2D eigenvalue weighted by atomic mass is 19.1. The largest absolute Gasteiger partial charge is 0.507 e. The molecule has 7 heteroatoms. The van der Waals surface area contributed by atoms with E-state index in [0.717, 1.165) is 30.2 Å². The zero-order chi connectivity index (χ0) is 21.3. The first-order valence-corrected chi connectivity index (χ1v) is 10.2. The Morgan fingerprint density at radius 3 is 2.80 bits per heavy atom. The molecule has 1 amide bonds. The number of hydrogen-bond donors (Lipinski definition) is 2. The molecule has 0 radical (unpaired) electrons. The van der Waals surface area contributed by atoms with E-state index in [1.807, 2.05) is 37.1 Å². The first-order chi connectivity index (χ1) is 14.4. The van der Waals surface area contributed by atoms with Crippen LogP contribution in [0.3, 0.4) is 0 Å². The molecule has 0 saturated heterocycles. The van der Waals surface area contributed by atoms with Crippen LogP contribution in [0, 0.1) is 18.7 Å². The van der Waals surface area contributed by atoms with Crippen molar-refractivity contribution < 1.29 is 14.3 Å². The molecular weight excluding hydrogens is 383 g/mol. The van der Waals surface area contributed by atoms with Gasteiger partial charge < -0.3 is 15.3 Å². The van der Waals surface area contributed by atoms with Crippen LogP contribution < -0.4 is 10.2 Å². The average molecular weight is 408 g/mol. The molecule has 1 fully saturated rings. The van der Waals surface area contributed by atoms with Crippen LogP contribution in [0.1, 0.15) is 24.8 Å². The lowest BCUT2D eigenvalue weighted by atomic mass is 10.1. The third kappa shape index (κ3) is 4.20. The SMILES string of the molecule is Cc1ccc2c(N(C)CCCNC(=O)C3CC3)nc(-c3c(O)cccc3F)nc2c1. The molecule has 0 atom stereocenters. The normalized spacial score (nSPS) is 13.4. The number of nitrogens with zero attached hydrogens (tertiary/aromatic N) is 3. The second-order valence-electron chi connectivity index (χ2n) is 7.87. The van der Waals surface area contributed by atoms with E-state index in [1.165, 1.54) is 18.2 Å². The second-order valence-corrected chi connectivity index (χ2v) is 7.87. The van der Waals surface area contributed by atoms with E-state index in [1.54, 1.807) is 0 Å². The first-order valence-electron chi connectivity index (χ1n) is 10.2. The fraction of sp³-hybridized carbons (Fsp3) is 0.348. The predicted molar refractivity (Wildman–Crippen MR) is 115 cm³/mol. The summed E-state index contributed by atoms with van der Waals surface area (Å²) in [6.45, 7) is 3.23. The lowest BCUT2D eigenvalue weighted by Gasteiger charge is -2.21. The predicted octanol–water partition coefficient (Wildman–Crippen LogP) is 3.80. The van der Waals surface area contributed by atoms with Gasteiger partial charge in [-0.2, -0.15) is 0 Å². The average Bonchev–Trinajstić information content (AvgIpc) is 3.55. The number of aromatic nitrogens is 2. The quantitative estimate of drug-likeness (QED) is 0.582. The fourth-order valence-corrected chi connectivity index (χ4v) is 3.48. The van der Waals surface area contributed by atoms with Crippen LogP contribution in [0.4, 0.5) is 10.2 Å². The molecule has 0 unspecified atom stereocenters. The van der Waals surface area contributed by atoms with Crippen molar-refractivity contribution in [3.05, 3.63) is 47.8 Å². The smallest absolute Gasteiger partial charge is 0.223 e. The molecule has 1 aliphatic carbocycles. The van der Waals surface area contributed by atoms with Gasteiger partial charge in [-0.3, -0.25) is 4.79 Å². The summed E-state index contributed by atoms with van der Waals surface area (Å²) < 4.78 is 14.4. The highest BCUT2D eigenvalue weighted by Crippen LogP contribution is 2.33. The fourth-order valence-electron chi connectivity index (χ4n) is 3.48. The molecule has 1 aliphatic rings. The van der Waals surface area contributed by atoms with Gasteiger partial charge in [0.05, 0.1) is 11.1 Å². The zero-order valence-electron chi connectivity index (χ0n) is 17.2. The Hall–Kier alpha value is -3.22. The van der Waals surface area contributed by atoms with Gasteiger partial charge in [0.1, 0.15) is 17.4 Å². The molecule has 0 spiro atoms. The molecule has 0 aliphatic heterocycles. The molecule has 6 nitrogen and oxygen atoms in total. The molecular formula is C23H25FN4O2. The van der Waals surface area contributed by atoms with Crippen molar-refractivity contribution in [2.45, 2.75) is 26.2 Å². The summed E-state index contributed by atoms with van der Waals surface area (Å²) in [4.78, 5) is 22.9. The molecule has 30 heavy (non-hydrogen) atoms. The summed E-state index contributed by atoms with van der Waals surface area (Å²) >= 11 is 0. The van der Waals surface area contributed by atoms with Crippen LogP contribution >= 0.6 is 0 Å². The lowest BCUT2D eigenvalue weighted by molar-refractivity contribution is -0.122. The highest BCUT2D eigenvalue weighted by molar-refractivity contribution is 5.91. The number of halogens is 1. The summed E-state index contributed by atoms with van der Waals surface area (Å²) in [7, 11) is 1.91. The summed E-state index contributed by atoms with van der Waals surface area (Å²) in [5, 5.41) is 14.0. The molecule has 3 aromatic rings. The van der Waals surface area contributed by atoms with Crippen molar-refractivity contribution in [2.24, 2.45) is 5.92 Å². The Balaban J connectivity index is 1.63. The van der Waals surface area contributed by atoms with E-state index in [4.69, 9.17) is 0 Å². The van der Waals surface area contributed by atoms with Crippen molar-refractivity contribution in [3.63, 3.8) is 0 Å². The Morgan fingerprint density at radius 1 is 1.27 bits per heavy atom. The van der Waals surface area contributed by atoms with Gasteiger partial charge in [-0.15, -0.1) is 0 Å². The van der Waals surface area contributed by atoms with E-state index < -0.39 is 5.82 Å². The number of phenolic OH excluding ortho intramolecular Hbond substituents is 1. The van der Waals surface area contributed by atoms with E-state index in [2.05, 4.69) is 15.3 Å². The minimum Gasteiger partial charge on any atom is -0.507 e. The number of phenols is 1. The van der Waals surface area contributed by atoms with Crippen LogP contribution in [0.15, 0.2) is 36.4 Å². The van der Waals surface area contributed by atoms with E-state index >= 15 is 0 Å². The number of hydrogen-bond acceptors (Lipinski definition) is 5. The number of rotatable bonds is 7. The molecule has 2 N–H and O–H groups in total. The number of anilines is 1. The van der Waals surface area contributed by atoms with Crippen LogP contribution in [0.2, 0.25) is 0 Å². The van der Waals surface area contributed by atoms with Crippen LogP contribution in [-0.2, 0) is 4.79 Å². The van der Waals surface area contributed by atoms with Gasteiger partial charge in [0.25, 0.3) is 0 Å². The van der Waals surface area contributed by atoms with Crippen molar-refractivity contribution in [2.75, 3.05) is 25.0 Å². The number of aromatic hydroxyl groups is 1. The van der Waals surface area contributed by atoms with Gasteiger partial charge in [0, 0.05) is 31.4 Å². The molecule has 1 heterocycles. The second kappa shape index (κ2) is 8.26. The van der Waals surface area contributed by atoms with Gasteiger partial charge >= 0.3 is 0 Å². The van der Waals surface area contributed by atoms with Crippen molar-refractivity contribution in [1.82, 2.24) is 15.3 Å². The third-order valence-corrected chi connectivity index (χ3v) is 5.33. The number of carbonyl (C=O) groups excluding carboxylic acids is 1. The maximum atomic E-state index is 14.4. The number of amides is 1. The Bertz CT molecular complexity index is 1080. The topological polar surface area (TPSA) is 78.4 Å². The van der Waals surface area contributed by atoms with Gasteiger partial charge in [-0.25, -0.2) is 14.4 Å². The monoisotopic (exact) mass is 408 g/mol. The Kier molecular flexibility index (Phi) is 5.53. The third-order valence-electron chi connectivity index (χ3n) is 5.33. The van der Waals surface area contributed by atoms with Crippen LogP contribution in [-0.4, -0.2) is 41.1 Å². The number of carbonyl (C=O) groups is 1. The number of aryl methyl sites for hydroxylation is 1. The molecule has 2 aromatic carbocycles. The van der Waals surface area contributed by atoms with Crippen molar-refractivity contribution in [1.29, 1.82) is 0 Å². The maximum Gasteiger partial charge on any atom is 0.223 e. The van der Waals surface area contributed by atoms with Crippen LogP contribution in [0.25, 0.3) is 22.3 Å². The standard InChI is InChI=1S/C23H25FN4O2/c1-14-7-10-16-18(13-14)26-21(20-17(24)5-3-6-19(20)29)27-22(16)28(2)12-4-11-25-23(30)15-8-9-15/h3,5-7,10,13,15,29H,4,8-9,11-12H2,1-2H3,(H,25,30). The summed E-state index contributed by atoms with van der Waals surface area (Å²) in [6, 6.07) is 10.0. The summed E-state index contributed by atoms with van der Waals surface area (Å²) in [5.41, 5.74) is 1.71. The van der Waals surface area contributed by atoms with Gasteiger partial charge in [0.15, 0.2) is 5.82 Å². The van der Waals surface area contributed by atoms with Crippen molar-refractivity contribution >= 4 is 22.6 Å².